The van der Waals surface area contributed by atoms with E-state index in [-0.39, 0.29) is 5.97 Å². The Morgan fingerprint density at radius 1 is 0.412 bits per heavy atom. The standard InChI is InChI=1S/C27H54O7/c1-3-5-7-9-10-11-12-14-16-29-17-18-30-19-20-31-21-22-32-23-24-33-25-26-34-27(28)15-13-8-6-4-2/h3-26H2,1-2H3. The first-order chi connectivity index (χ1) is 16.8. The maximum absolute atomic E-state index is 11.5. The van der Waals surface area contributed by atoms with Gasteiger partial charge in [-0.05, 0) is 12.8 Å². The molecule has 0 aliphatic rings. The van der Waals surface area contributed by atoms with Crippen molar-refractivity contribution < 1.29 is 33.2 Å². The number of hydrogen-bond acceptors (Lipinski definition) is 7. The minimum Gasteiger partial charge on any atom is -0.463 e. The highest BCUT2D eigenvalue weighted by molar-refractivity contribution is 5.69. The fourth-order valence-corrected chi connectivity index (χ4v) is 3.30. The number of esters is 1. The lowest BCUT2D eigenvalue weighted by Gasteiger charge is -2.08. The van der Waals surface area contributed by atoms with Gasteiger partial charge in [0.2, 0.25) is 0 Å². The molecule has 0 amide bonds. The van der Waals surface area contributed by atoms with Gasteiger partial charge >= 0.3 is 5.97 Å². The molecule has 0 unspecified atom stereocenters. The minimum atomic E-state index is -0.136. The summed E-state index contributed by atoms with van der Waals surface area (Å²) in [6.45, 7) is 10.4. The Hall–Kier alpha value is -0.730. The van der Waals surface area contributed by atoms with E-state index in [1.807, 2.05) is 0 Å². The maximum atomic E-state index is 11.5. The molecule has 204 valence electrons. The summed E-state index contributed by atoms with van der Waals surface area (Å²) < 4.78 is 32.5. The average molecular weight is 491 g/mol. The van der Waals surface area contributed by atoms with Crippen LogP contribution in [-0.4, -0.2) is 78.6 Å². The second-order valence-electron chi connectivity index (χ2n) is 8.57. The van der Waals surface area contributed by atoms with Crippen LogP contribution in [0.3, 0.4) is 0 Å². The second-order valence-corrected chi connectivity index (χ2v) is 8.57. The van der Waals surface area contributed by atoms with Gasteiger partial charge in [-0.2, -0.15) is 0 Å². The molecule has 0 aliphatic heterocycles. The Balaban J connectivity index is 3.07. The Kier molecular flexibility index (Phi) is 29.7. The monoisotopic (exact) mass is 490 g/mol. The second kappa shape index (κ2) is 30.3. The summed E-state index contributed by atoms with van der Waals surface area (Å²) in [6.07, 6.45) is 15.4. The molecule has 0 saturated heterocycles. The summed E-state index contributed by atoms with van der Waals surface area (Å²) >= 11 is 0. The van der Waals surface area contributed by atoms with Crippen LogP contribution < -0.4 is 0 Å². The van der Waals surface area contributed by atoms with Crippen molar-refractivity contribution in [3.63, 3.8) is 0 Å². The van der Waals surface area contributed by atoms with Crippen LogP contribution in [0, 0.1) is 0 Å². The molecule has 0 bridgehead atoms. The molecule has 0 aromatic heterocycles. The van der Waals surface area contributed by atoms with Gasteiger partial charge in [-0.15, -0.1) is 0 Å². The van der Waals surface area contributed by atoms with Crippen LogP contribution in [0.25, 0.3) is 0 Å². The molecule has 0 heterocycles. The number of hydrogen-bond donors (Lipinski definition) is 0. The number of ether oxygens (including phenoxy) is 6. The number of carbonyl (C=O) groups is 1. The van der Waals surface area contributed by atoms with Gasteiger partial charge in [-0.1, -0.05) is 78.1 Å². The van der Waals surface area contributed by atoms with Crippen molar-refractivity contribution in [3.8, 4) is 0 Å². The lowest BCUT2D eigenvalue weighted by atomic mass is 10.1. The molecule has 0 aromatic carbocycles. The van der Waals surface area contributed by atoms with E-state index < -0.39 is 0 Å². The van der Waals surface area contributed by atoms with Gasteiger partial charge in [0.25, 0.3) is 0 Å². The summed E-state index contributed by atoms with van der Waals surface area (Å²) in [4.78, 5) is 11.5. The third-order valence-electron chi connectivity index (χ3n) is 5.36. The van der Waals surface area contributed by atoms with E-state index in [9.17, 15) is 4.79 Å². The first kappa shape index (κ1) is 33.3. The van der Waals surface area contributed by atoms with E-state index in [2.05, 4.69) is 13.8 Å². The largest absolute Gasteiger partial charge is 0.463 e. The van der Waals surface area contributed by atoms with Crippen LogP contribution in [0.15, 0.2) is 0 Å². The predicted molar refractivity (Wildman–Crippen MR) is 136 cm³/mol. The van der Waals surface area contributed by atoms with Crippen LogP contribution in [0.2, 0.25) is 0 Å². The lowest BCUT2D eigenvalue weighted by Crippen LogP contribution is -2.15. The Morgan fingerprint density at radius 3 is 1.24 bits per heavy atom. The molecular weight excluding hydrogens is 436 g/mol. The maximum Gasteiger partial charge on any atom is 0.305 e. The Bertz CT molecular complexity index is 393. The first-order valence-corrected chi connectivity index (χ1v) is 13.9. The first-order valence-electron chi connectivity index (χ1n) is 13.9. The van der Waals surface area contributed by atoms with Gasteiger partial charge in [-0.3, -0.25) is 4.79 Å². The number of rotatable bonds is 29. The highest BCUT2D eigenvalue weighted by Crippen LogP contribution is 2.08. The van der Waals surface area contributed by atoms with E-state index in [1.54, 1.807) is 0 Å². The molecule has 7 nitrogen and oxygen atoms in total. The van der Waals surface area contributed by atoms with E-state index in [1.165, 1.54) is 57.8 Å². The molecule has 0 fully saturated rings. The topological polar surface area (TPSA) is 72.5 Å². The Labute approximate surface area is 209 Å². The molecule has 34 heavy (non-hydrogen) atoms. The highest BCUT2D eigenvalue weighted by atomic mass is 16.6. The van der Waals surface area contributed by atoms with Gasteiger partial charge in [0.15, 0.2) is 0 Å². The summed E-state index contributed by atoms with van der Waals surface area (Å²) in [5, 5.41) is 0. The number of carbonyl (C=O) groups excluding carboxylic acids is 1. The van der Waals surface area contributed by atoms with Crippen molar-refractivity contribution >= 4 is 5.97 Å². The molecule has 0 radical (unpaired) electrons. The summed E-state index contributed by atoms with van der Waals surface area (Å²) in [5.74, 6) is -0.136. The average Bonchev–Trinajstić information content (AvgIpc) is 2.84. The zero-order valence-corrected chi connectivity index (χ0v) is 22.3. The van der Waals surface area contributed by atoms with Crippen molar-refractivity contribution in [2.24, 2.45) is 0 Å². The minimum absolute atomic E-state index is 0.136. The van der Waals surface area contributed by atoms with Crippen LogP contribution in [0.5, 0.6) is 0 Å². The third kappa shape index (κ3) is 29.3. The van der Waals surface area contributed by atoms with Crippen molar-refractivity contribution in [3.05, 3.63) is 0 Å². The predicted octanol–water partition coefficient (Wildman–Crippen LogP) is 5.72. The molecule has 0 aliphatic carbocycles. The molecular formula is C27H54O7. The summed E-state index contributed by atoms with van der Waals surface area (Å²) in [7, 11) is 0. The molecule has 7 heteroatoms. The van der Waals surface area contributed by atoms with Gasteiger partial charge in [0.1, 0.15) is 6.61 Å². The van der Waals surface area contributed by atoms with Crippen molar-refractivity contribution in [1.29, 1.82) is 0 Å². The molecule has 0 N–H and O–H groups in total. The van der Waals surface area contributed by atoms with E-state index in [0.29, 0.717) is 72.5 Å². The third-order valence-corrected chi connectivity index (χ3v) is 5.36. The Morgan fingerprint density at radius 2 is 0.765 bits per heavy atom. The quantitative estimate of drug-likeness (QED) is 0.0980. The fourth-order valence-electron chi connectivity index (χ4n) is 3.30. The van der Waals surface area contributed by atoms with Crippen molar-refractivity contribution in [2.75, 3.05) is 72.7 Å². The van der Waals surface area contributed by atoms with Crippen LogP contribution in [-0.2, 0) is 33.2 Å². The molecule has 0 atom stereocenters. The van der Waals surface area contributed by atoms with E-state index >= 15 is 0 Å². The normalized spacial score (nSPS) is 11.2. The zero-order chi connectivity index (χ0) is 24.8. The number of unbranched alkanes of at least 4 members (excludes halogenated alkanes) is 10. The molecule has 0 spiro atoms. The molecule has 0 saturated carbocycles. The van der Waals surface area contributed by atoms with Gasteiger partial charge in [-0.25, -0.2) is 0 Å². The summed E-state index contributed by atoms with van der Waals surface area (Å²) in [6, 6.07) is 0. The van der Waals surface area contributed by atoms with Gasteiger partial charge in [0.05, 0.1) is 59.5 Å². The van der Waals surface area contributed by atoms with Crippen LogP contribution >= 0.6 is 0 Å². The van der Waals surface area contributed by atoms with Crippen LogP contribution in [0.4, 0.5) is 0 Å². The van der Waals surface area contributed by atoms with E-state index in [4.69, 9.17) is 28.4 Å². The molecule has 0 rings (SSSR count). The van der Waals surface area contributed by atoms with E-state index in [0.717, 1.165) is 25.9 Å². The fraction of sp³-hybridized carbons (Fsp3) is 0.963. The van der Waals surface area contributed by atoms with Crippen molar-refractivity contribution in [2.45, 2.75) is 97.3 Å². The smallest absolute Gasteiger partial charge is 0.305 e. The summed E-state index contributed by atoms with van der Waals surface area (Å²) in [5.41, 5.74) is 0. The van der Waals surface area contributed by atoms with Crippen LogP contribution in [0.1, 0.15) is 97.3 Å². The molecule has 0 aromatic rings. The van der Waals surface area contributed by atoms with Gasteiger partial charge < -0.3 is 28.4 Å². The van der Waals surface area contributed by atoms with Gasteiger partial charge in [0, 0.05) is 13.0 Å². The highest BCUT2D eigenvalue weighted by Gasteiger charge is 2.02. The lowest BCUT2D eigenvalue weighted by molar-refractivity contribution is -0.145. The van der Waals surface area contributed by atoms with Crippen molar-refractivity contribution in [1.82, 2.24) is 0 Å². The SMILES string of the molecule is CCCCCCCCCCOCCOCCOCCOCCOCCOC(=O)CCCCCC. The zero-order valence-electron chi connectivity index (χ0n) is 22.3.